The average molecular weight is 149 g/mol. The van der Waals surface area contributed by atoms with E-state index < -0.39 is 7.91 Å². The molecule has 0 saturated carbocycles. The molecule has 3 nitrogen and oxygen atoms in total. The van der Waals surface area contributed by atoms with E-state index in [1.165, 1.54) is 0 Å². The minimum atomic E-state index is -5.64. The maximum atomic E-state index is 10.1. The summed E-state index contributed by atoms with van der Waals surface area (Å²) in [5, 5.41) is 0. The van der Waals surface area contributed by atoms with Crippen molar-refractivity contribution >= 4 is 7.91 Å². The molecule has 0 spiro atoms. The van der Waals surface area contributed by atoms with E-state index in [1.807, 2.05) is 0 Å². The summed E-state index contributed by atoms with van der Waals surface area (Å²) in [6.07, 6.45) is 0. The molecule has 6 heavy (non-hydrogen) atoms. The van der Waals surface area contributed by atoms with Gasteiger partial charge in [-0.1, -0.05) is 0 Å². The minimum absolute atomic E-state index is 0. The second kappa shape index (κ2) is 2.77. The van der Waals surface area contributed by atoms with Gasteiger partial charge in [0.15, 0.2) is 0 Å². The molecule has 6 heteroatoms. The second-order valence-corrected chi connectivity index (χ2v) is 1.29. The van der Waals surface area contributed by atoms with Crippen LogP contribution in [0.25, 0.3) is 0 Å². The van der Waals surface area contributed by atoms with E-state index in [9.17, 15) is 4.20 Å². The zero-order valence-electron chi connectivity index (χ0n) is 2.50. The Hall–Kier alpha value is 0.664. The van der Waals surface area contributed by atoms with Crippen LogP contribution in [0.3, 0.4) is 0 Å². The molecule has 0 bridgehead atoms. The van der Waals surface area contributed by atoms with Crippen LogP contribution in [0.4, 0.5) is 4.20 Å². The number of rotatable bonds is 0. The first-order valence-corrected chi connectivity index (χ1v) is 2.15. The molecule has 0 atom stereocenters. The summed E-state index contributed by atoms with van der Waals surface area (Å²) in [6, 6.07) is 0. The topological polar surface area (TPSA) is 63.2 Å². The van der Waals surface area contributed by atoms with Crippen molar-refractivity contribution in [3.05, 3.63) is 0 Å². The van der Waals surface area contributed by atoms with Gasteiger partial charge in [-0.15, -0.1) is 0 Å². The van der Waals surface area contributed by atoms with Gasteiger partial charge in [0.1, 0.15) is 7.91 Å². The molecule has 0 rings (SSSR count). The Bertz CT molecular complexity index is 56.9. The molecule has 35 valence electrons. The number of hydrogen-bond donors (Lipinski definition) is 0. The van der Waals surface area contributed by atoms with E-state index in [2.05, 4.69) is 0 Å². The van der Waals surface area contributed by atoms with E-state index in [-0.39, 0.29) is 18.6 Å². The predicted molar refractivity (Wildman–Crippen MR) is 8.71 cm³/mol. The molecule has 0 saturated heterocycles. The molecule has 0 N–H and O–H groups in total. The summed E-state index contributed by atoms with van der Waals surface area (Å²) in [5.74, 6) is 0. The fraction of sp³-hybridized carbons (Fsp3) is 0. The Morgan fingerprint density at radius 1 is 1.50 bits per heavy atom. The van der Waals surface area contributed by atoms with Gasteiger partial charge in [0.2, 0.25) is 0 Å². The molecular weight excluding hydrogens is 149 g/mol. The van der Waals surface area contributed by atoms with E-state index in [1.54, 1.807) is 0 Å². The van der Waals surface area contributed by atoms with Crippen molar-refractivity contribution in [2.24, 2.45) is 0 Å². The van der Waals surface area contributed by atoms with Crippen LogP contribution in [0.5, 0.6) is 0 Å². The molecule has 0 unspecified atom stereocenters. The fourth-order valence-electron chi connectivity index (χ4n) is 0. The summed E-state index contributed by atoms with van der Waals surface area (Å²) in [5.41, 5.74) is 0. The molecule has 0 aliphatic carbocycles. The molecule has 0 heterocycles. The first kappa shape index (κ1) is 9.83. The van der Waals surface area contributed by atoms with Crippen LogP contribution in [0.15, 0.2) is 0 Å². The fourth-order valence-corrected chi connectivity index (χ4v) is 0. The largest absolute Gasteiger partial charge is 2.00 e. The van der Waals surface area contributed by atoms with E-state index in [4.69, 9.17) is 14.4 Å². The third kappa shape index (κ3) is 142. The van der Waals surface area contributed by atoms with Crippen LogP contribution >= 0.6 is 7.91 Å². The summed E-state index contributed by atoms with van der Waals surface area (Å²) in [4.78, 5) is 16.9. The zero-order valence-corrected chi connectivity index (χ0v) is 4.79. The standard InChI is InChI=1S/FH2O3P.V/c1-5(2,3)4;/h(H2,2,3,4);/q;+2/p-2. The van der Waals surface area contributed by atoms with Crippen molar-refractivity contribution in [2.45, 2.75) is 0 Å². The normalized spacial score (nSPS) is 9.83. The van der Waals surface area contributed by atoms with Gasteiger partial charge >= 0.3 is 18.6 Å². The van der Waals surface area contributed by atoms with Gasteiger partial charge in [0.25, 0.3) is 0 Å². The Labute approximate surface area is 45.7 Å². The summed E-state index contributed by atoms with van der Waals surface area (Å²) in [7, 11) is -5.64. The monoisotopic (exact) mass is 149 g/mol. The first-order valence-electron chi connectivity index (χ1n) is 0.717. The molecule has 0 aromatic rings. The number of halogens is 1. The molecule has 1 radical (unpaired) electrons. The van der Waals surface area contributed by atoms with Crippen molar-refractivity contribution in [3.63, 3.8) is 0 Å². The molecule has 0 aromatic heterocycles. The molecule has 0 aliphatic rings. The van der Waals surface area contributed by atoms with Gasteiger partial charge in [-0.3, -0.25) is 0 Å². The summed E-state index contributed by atoms with van der Waals surface area (Å²) in [6.45, 7) is 0. The minimum Gasteiger partial charge on any atom is -0.786 e. The predicted octanol–water partition coefficient (Wildman–Crippen LogP) is -1.22. The summed E-state index contributed by atoms with van der Waals surface area (Å²) < 4.78 is 18.6. The van der Waals surface area contributed by atoms with Crippen LogP contribution in [-0.2, 0) is 23.1 Å². The second-order valence-electron chi connectivity index (χ2n) is 0.431. The van der Waals surface area contributed by atoms with Gasteiger partial charge in [-0.05, 0) is 0 Å². The van der Waals surface area contributed by atoms with Crippen molar-refractivity contribution in [3.8, 4) is 0 Å². The summed E-state index contributed by atoms with van der Waals surface area (Å²) >= 11 is 0. The SMILES string of the molecule is O=P([O-])([O-])F.[V+2]. The van der Waals surface area contributed by atoms with Crippen LogP contribution in [0, 0.1) is 0 Å². The van der Waals surface area contributed by atoms with E-state index in [0.29, 0.717) is 0 Å². The van der Waals surface area contributed by atoms with Gasteiger partial charge in [-0.2, -0.15) is 0 Å². The van der Waals surface area contributed by atoms with Crippen LogP contribution in [0.1, 0.15) is 0 Å². The molecule has 0 fully saturated rings. The molecule has 0 amide bonds. The van der Waals surface area contributed by atoms with E-state index >= 15 is 0 Å². The quantitative estimate of drug-likeness (QED) is 0.405. The van der Waals surface area contributed by atoms with Crippen molar-refractivity contribution in [1.82, 2.24) is 0 Å². The van der Waals surface area contributed by atoms with Gasteiger partial charge in [0.05, 0.1) is 0 Å². The molecule has 0 aliphatic heterocycles. The van der Waals surface area contributed by atoms with Gasteiger partial charge in [0, 0.05) is 0 Å². The Balaban J connectivity index is 0. The maximum absolute atomic E-state index is 10.1. The third-order valence-electron chi connectivity index (χ3n) is 0. The number of hydrogen-bond acceptors (Lipinski definition) is 3. The Morgan fingerprint density at radius 3 is 1.50 bits per heavy atom. The van der Waals surface area contributed by atoms with Crippen molar-refractivity contribution < 1.29 is 37.1 Å². The van der Waals surface area contributed by atoms with E-state index in [0.717, 1.165) is 0 Å². The van der Waals surface area contributed by atoms with Crippen molar-refractivity contribution in [2.75, 3.05) is 0 Å². The maximum Gasteiger partial charge on any atom is 2.00 e. The van der Waals surface area contributed by atoms with Crippen LogP contribution in [-0.4, -0.2) is 0 Å². The average Bonchev–Trinajstić information content (AvgIpc) is 0.722. The first-order chi connectivity index (χ1) is 2.00. The Kier molecular flexibility index (Phi) is 4.55. The zero-order chi connectivity index (χ0) is 4.50. The van der Waals surface area contributed by atoms with Gasteiger partial charge in [-0.25, -0.2) is 4.20 Å². The van der Waals surface area contributed by atoms with Gasteiger partial charge < -0.3 is 14.4 Å². The third-order valence-corrected chi connectivity index (χ3v) is 0. The Morgan fingerprint density at radius 2 is 1.50 bits per heavy atom. The van der Waals surface area contributed by atoms with Crippen LogP contribution in [0.2, 0.25) is 0 Å². The smallest absolute Gasteiger partial charge is 0.786 e. The molecule has 0 aromatic carbocycles. The van der Waals surface area contributed by atoms with Crippen LogP contribution < -0.4 is 9.79 Å². The van der Waals surface area contributed by atoms with Crippen molar-refractivity contribution in [1.29, 1.82) is 0 Å². The molecular formula is FO3PV.